The maximum atomic E-state index is 14.2. The molecular weight excluding hydrogens is 263 g/mol. The van der Waals surface area contributed by atoms with E-state index in [1.807, 2.05) is 11.9 Å². The summed E-state index contributed by atoms with van der Waals surface area (Å²) in [5.74, 6) is -0.928. The molecule has 3 atom stereocenters. The number of likely N-dealkylation sites (N-methyl/N-ethyl adjacent to an activating group) is 1. The first kappa shape index (κ1) is 12.0. The topological polar surface area (TPSA) is 58.5 Å². The molecule has 1 aromatic carbocycles. The van der Waals surface area contributed by atoms with Crippen LogP contribution in [0.2, 0.25) is 0 Å². The number of rotatable bonds is 2. The van der Waals surface area contributed by atoms with Crippen LogP contribution in [0.3, 0.4) is 0 Å². The fraction of sp³-hybridized carbons (Fsp3) is 0.500. The number of halogens is 1. The van der Waals surface area contributed by atoms with E-state index in [4.69, 9.17) is 9.15 Å². The van der Waals surface area contributed by atoms with Gasteiger partial charge >= 0.3 is 5.76 Å². The molecule has 5 nitrogen and oxygen atoms in total. The van der Waals surface area contributed by atoms with E-state index in [2.05, 4.69) is 4.98 Å². The second-order valence-electron chi connectivity index (χ2n) is 5.60. The van der Waals surface area contributed by atoms with Gasteiger partial charge in [-0.15, -0.1) is 0 Å². The number of oxazole rings is 1. The third kappa shape index (κ3) is 1.67. The van der Waals surface area contributed by atoms with Crippen molar-refractivity contribution in [3.8, 4) is 0 Å². The fourth-order valence-corrected chi connectivity index (χ4v) is 3.43. The molecule has 0 unspecified atom stereocenters. The highest BCUT2D eigenvalue weighted by atomic mass is 19.1. The molecule has 4 rings (SSSR count). The maximum absolute atomic E-state index is 14.2. The third-order valence-corrected chi connectivity index (χ3v) is 4.44. The zero-order valence-electron chi connectivity index (χ0n) is 11.1. The van der Waals surface area contributed by atoms with E-state index in [1.165, 1.54) is 6.07 Å². The largest absolute Gasteiger partial charge is 0.417 e. The number of nitrogens with zero attached hydrogens (tertiary/aromatic N) is 1. The Labute approximate surface area is 114 Å². The van der Waals surface area contributed by atoms with Crippen LogP contribution in [0, 0.1) is 5.82 Å². The van der Waals surface area contributed by atoms with E-state index in [1.54, 1.807) is 6.07 Å². The highest BCUT2D eigenvalue weighted by Crippen LogP contribution is 2.39. The van der Waals surface area contributed by atoms with Crippen LogP contribution in [-0.2, 0) is 4.74 Å². The molecule has 0 radical (unpaired) electrons. The molecular formula is C14H15FN2O3. The van der Waals surface area contributed by atoms with E-state index in [0.717, 1.165) is 19.3 Å². The normalized spacial score (nSPS) is 28.4. The molecule has 2 bridgehead atoms. The lowest BCUT2D eigenvalue weighted by Crippen LogP contribution is -2.39. The summed E-state index contributed by atoms with van der Waals surface area (Å²) in [5.41, 5.74) is 1.21. The van der Waals surface area contributed by atoms with Gasteiger partial charge in [-0.2, -0.15) is 0 Å². The summed E-state index contributed by atoms with van der Waals surface area (Å²) in [5, 5.41) is 0. The first-order chi connectivity index (χ1) is 9.61. The second-order valence-corrected chi connectivity index (χ2v) is 5.60. The smallest absolute Gasteiger partial charge is 0.408 e. The average molecular weight is 278 g/mol. The fourth-order valence-electron chi connectivity index (χ4n) is 3.43. The van der Waals surface area contributed by atoms with Gasteiger partial charge in [-0.1, -0.05) is 0 Å². The van der Waals surface area contributed by atoms with Crippen LogP contribution >= 0.6 is 0 Å². The predicted octanol–water partition coefficient (Wildman–Crippen LogP) is 2.02. The van der Waals surface area contributed by atoms with Gasteiger partial charge < -0.3 is 14.1 Å². The summed E-state index contributed by atoms with van der Waals surface area (Å²) >= 11 is 0. The Balaban J connectivity index is 1.73. The molecule has 2 aliphatic rings. The number of hydrogen-bond acceptors (Lipinski definition) is 4. The van der Waals surface area contributed by atoms with Crippen molar-refractivity contribution in [2.45, 2.75) is 37.5 Å². The van der Waals surface area contributed by atoms with Gasteiger partial charge in [0, 0.05) is 19.2 Å². The highest BCUT2D eigenvalue weighted by molar-refractivity contribution is 5.77. The van der Waals surface area contributed by atoms with Crippen LogP contribution in [0.15, 0.2) is 21.3 Å². The standard InChI is InChI=1S/C14H15FN2O3/c1-17(11-4-7-2-3-12(11)19-7)10-6-13-9(5-8(10)15)16-14(18)20-13/h5-7,11-12H,2-4H2,1H3,(H,16,18)/t7-,11-,12+/m1/s1. The lowest BCUT2D eigenvalue weighted by molar-refractivity contribution is 0.100. The maximum Gasteiger partial charge on any atom is 0.417 e. The quantitative estimate of drug-likeness (QED) is 0.913. The van der Waals surface area contributed by atoms with Gasteiger partial charge in [-0.3, -0.25) is 4.98 Å². The SMILES string of the molecule is CN(c1cc2oc(=O)[nH]c2cc1F)[C@@H]1C[C@H]2CC[C@@H]1O2. The molecule has 106 valence electrons. The molecule has 0 aliphatic carbocycles. The molecule has 3 heterocycles. The van der Waals surface area contributed by atoms with Crippen LogP contribution in [-0.4, -0.2) is 30.3 Å². The zero-order chi connectivity index (χ0) is 13.9. The van der Waals surface area contributed by atoms with Crippen molar-refractivity contribution in [1.29, 1.82) is 0 Å². The van der Waals surface area contributed by atoms with Gasteiger partial charge in [0.2, 0.25) is 0 Å². The minimum absolute atomic E-state index is 0.179. The van der Waals surface area contributed by atoms with Crippen molar-refractivity contribution in [3.63, 3.8) is 0 Å². The van der Waals surface area contributed by atoms with Gasteiger partial charge in [0.25, 0.3) is 0 Å². The van der Waals surface area contributed by atoms with Crippen LogP contribution < -0.4 is 10.7 Å². The first-order valence-electron chi connectivity index (χ1n) is 6.82. The van der Waals surface area contributed by atoms with E-state index >= 15 is 0 Å². The minimum atomic E-state index is -0.567. The Morgan fingerprint density at radius 3 is 2.95 bits per heavy atom. The first-order valence-corrected chi connectivity index (χ1v) is 6.82. The van der Waals surface area contributed by atoms with Gasteiger partial charge in [0.1, 0.15) is 5.82 Å². The Morgan fingerprint density at radius 2 is 2.25 bits per heavy atom. The van der Waals surface area contributed by atoms with Crippen molar-refractivity contribution in [2.24, 2.45) is 0 Å². The lowest BCUT2D eigenvalue weighted by atomic mass is 9.94. The molecule has 2 saturated heterocycles. The van der Waals surface area contributed by atoms with E-state index < -0.39 is 5.76 Å². The number of aromatic amines is 1. The summed E-state index contributed by atoms with van der Waals surface area (Å²) in [7, 11) is 1.86. The van der Waals surface area contributed by atoms with Crippen molar-refractivity contribution >= 4 is 16.8 Å². The average Bonchev–Trinajstić information content (AvgIpc) is 3.10. The van der Waals surface area contributed by atoms with E-state index in [0.29, 0.717) is 22.9 Å². The van der Waals surface area contributed by atoms with Crippen LogP contribution in [0.4, 0.5) is 10.1 Å². The molecule has 20 heavy (non-hydrogen) atoms. The molecule has 0 amide bonds. The van der Waals surface area contributed by atoms with Crippen molar-refractivity contribution in [2.75, 3.05) is 11.9 Å². The number of benzene rings is 1. The molecule has 2 fully saturated rings. The van der Waals surface area contributed by atoms with E-state index in [-0.39, 0.29) is 18.0 Å². The number of H-pyrrole nitrogens is 1. The molecule has 0 spiro atoms. The second kappa shape index (κ2) is 4.09. The molecule has 0 saturated carbocycles. The number of aromatic nitrogens is 1. The third-order valence-electron chi connectivity index (χ3n) is 4.44. The molecule has 2 aromatic rings. The van der Waals surface area contributed by atoms with Crippen LogP contribution in [0.25, 0.3) is 11.1 Å². The number of anilines is 1. The van der Waals surface area contributed by atoms with Gasteiger partial charge in [0.15, 0.2) is 5.58 Å². The number of fused-ring (bicyclic) bond motifs is 3. The number of hydrogen-bond donors (Lipinski definition) is 1. The van der Waals surface area contributed by atoms with Crippen molar-refractivity contribution in [3.05, 3.63) is 28.5 Å². The summed E-state index contributed by atoms with van der Waals surface area (Å²) in [6, 6.07) is 3.07. The molecule has 1 aromatic heterocycles. The van der Waals surface area contributed by atoms with Crippen LogP contribution in [0.1, 0.15) is 19.3 Å². The minimum Gasteiger partial charge on any atom is -0.408 e. The monoisotopic (exact) mass is 278 g/mol. The number of nitrogens with one attached hydrogen (secondary N) is 1. The van der Waals surface area contributed by atoms with Gasteiger partial charge in [-0.25, -0.2) is 9.18 Å². The van der Waals surface area contributed by atoms with Crippen molar-refractivity contribution < 1.29 is 13.5 Å². The zero-order valence-corrected chi connectivity index (χ0v) is 11.1. The van der Waals surface area contributed by atoms with E-state index in [9.17, 15) is 9.18 Å². The molecule has 1 N–H and O–H groups in total. The predicted molar refractivity (Wildman–Crippen MR) is 71.5 cm³/mol. The van der Waals surface area contributed by atoms with Gasteiger partial charge in [0.05, 0.1) is 29.5 Å². The van der Waals surface area contributed by atoms with Crippen LogP contribution in [0.5, 0.6) is 0 Å². The van der Waals surface area contributed by atoms with Gasteiger partial charge in [-0.05, 0) is 19.3 Å². The summed E-state index contributed by atoms with van der Waals surface area (Å²) in [6.07, 6.45) is 3.55. The molecule has 6 heteroatoms. The molecule has 2 aliphatic heterocycles. The summed E-state index contributed by atoms with van der Waals surface area (Å²) < 4.78 is 25.0. The Kier molecular flexibility index (Phi) is 2.44. The Bertz CT molecular complexity index is 723. The highest BCUT2D eigenvalue weighted by Gasteiger charge is 2.43. The number of ether oxygens (including phenoxy) is 1. The Hall–Kier alpha value is -1.82. The Morgan fingerprint density at radius 1 is 1.40 bits per heavy atom. The lowest BCUT2D eigenvalue weighted by Gasteiger charge is -2.31. The summed E-state index contributed by atoms with van der Waals surface area (Å²) in [6.45, 7) is 0. The van der Waals surface area contributed by atoms with Crippen molar-refractivity contribution in [1.82, 2.24) is 4.98 Å². The summed E-state index contributed by atoms with van der Waals surface area (Å²) in [4.78, 5) is 15.5.